The van der Waals surface area contributed by atoms with E-state index in [9.17, 15) is 9.18 Å². The van der Waals surface area contributed by atoms with Crippen molar-refractivity contribution in [2.75, 3.05) is 19.8 Å². The second-order valence-corrected chi connectivity index (χ2v) is 6.38. The predicted octanol–water partition coefficient (Wildman–Crippen LogP) is 2.75. The number of benzene rings is 2. The van der Waals surface area contributed by atoms with Gasteiger partial charge in [0.25, 0.3) is 5.91 Å². The van der Waals surface area contributed by atoms with E-state index in [1.807, 2.05) is 18.2 Å². The van der Waals surface area contributed by atoms with Gasteiger partial charge >= 0.3 is 0 Å². The highest BCUT2D eigenvalue weighted by Crippen LogP contribution is 2.27. The fourth-order valence-corrected chi connectivity index (χ4v) is 3.08. The Morgan fingerprint density at radius 1 is 1.26 bits per heavy atom. The van der Waals surface area contributed by atoms with Crippen LogP contribution in [0.1, 0.15) is 18.1 Å². The first-order valence-electron chi connectivity index (χ1n) is 8.81. The van der Waals surface area contributed by atoms with Crippen LogP contribution in [0, 0.1) is 5.82 Å². The van der Waals surface area contributed by atoms with Gasteiger partial charge in [0, 0.05) is 12.0 Å². The smallest absolute Gasteiger partial charge is 0.271 e. The van der Waals surface area contributed by atoms with E-state index in [2.05, 4.69) is 5.16 Å². The molecule has 0 bridgehead atoms. The molecule has 0 N–H and O–H groups in total. The number of rotatable bonds is 5. The summed E-state index contributed by atoms with van der Waals surface area (Å²) in [6.45, 7) is 2.87. The number of carbonyl (C=O) groups excluding carboxylic acids is 1. The van der Waals surface area contributed by atoms with Crippen molar-refractivity contribution in [3.05, 3.63) is 59.4 Å². The molecule has 1 unspecified atom stereocenters. The number of amides is 1. The number of carbonyl (C=O) groups is 1. The molecular weight excluding hydrogens is 351 g/mol. The Labute approximate surface area is 156 Å². The third-order valence-corrected chi connectivity index (χ3v) is 4.51. The van der Waals surface area contributed by atoms with Crippen molar-refractivity contribution in [1.82, 2.24) is 4.90 Å². The zero-order valence-corrected chi connectivity index (χ0v) is 14.9. The minimum Gasteiger partial charge on any atom is -0.493 e. The monoisotopic (exact) mass is 370 g/mol. The van der Waals surface area contributed by atoms with E-state index >= 15 is 0 Å². The molecule has 0 aromatic heterocycles. The van der Waals surface area contributed by atoms with Crippen molar-refractivity contribution in [2.45, 2.75) is 19.4 Å². The molecule has 2 aromatic rings. The molecule has 0 fully saturated rings. The van der Waals surface area contributed by atoms with Gasteiger partial charge in [0.15, 0.2) is 5.84 Å². The van der Waals surface area contributed by atoms with Crippen molar-refractivity contribution in [2.24, 2.45) is 5.16 Å². The van der Waals surface area contributed by atoms with Crippen LogP contribution in [0.5, 0.6) is 11.5 Å². The highest BCUT2D eigenvalue weighted by molar-refractivity contribution is 6.09. The lowest BCUT2D eigenvalue weighted by Gasteiger charge is -2.30. The molecule has 1 atom stereocenters. The molecule has 140 valence electrons. The average Bonchev–Trinajstić information content (AvgIpc) is 3.14. The molecule has 2 aliphatic rings. The van der Waals surface area contributed by atoms with Crippen molar-refractivity contribution in [3.63, 3.8) is 0 Å². The van der Waals surface area contributed by atoms with Gasteiger partial charge in [-0.15, -0.1) is 0 Å². The summed E-state index contributed by atoms with van der Waals surface area (Å²) in [7, 11) is 0. The molecule has 27 heavy (non-hydrogen) atoms. The van der Waals surface area contributed by atoms with Gasteiger partial charge in [-0.05, 0) is 55.0 Å². The zero-order valence-electron chi connectivity index (χ0n) is 14.9. The number of halogens is 1. The van der Waals surface area contributed by atoms with E-state index in [1.54, 1.807) is 24.0 Å². The van der Waals surface area contributed by atoms with Crippen LogP contribution in [-0.2, 0) is 16.1 Å². The Kier molecular flexibility index (Phi) is 4.66. The number of oxime groups is 1. The van der Waals surface area contributed by atoms with Crippen molar-refractivity contribution in [1.29, 1.82) is 0 Å². The quantitative estimate of drug-likeness (QED) is 0.812. The lowest BCUT2D eigenvalue weighted by molar-refractivity contribution is -0.141. The fourth-order valence-electron chi connectivity index (χ4n) is 3.08. The van der Waals surface area contributed by atoms with Crippen molar-refractivity contribution in [3.8, 4) is 11.5 Å². The van der Waals surface area contributed by atoms with Crippen molar-refractivity contribution >= 4 is 11.7 Å². The molecule has 2 aromatic carbocycles. The summed E-state index contributed by atoms with van der Waals surface area (Å²) in [4.78, 5) is 19.5. The van der Waals surface area contributed by atoms with Gasteiger partial charge in [0.2, 0.25) is 6.10 Å². The maximum absolute atomic E-state index is 13.0. The Morgan fingerprint density at radius 3 is 2.89 bits per heavy atom. The van der Waals surface area contributed by atoms with Gasteiger partial charge in [-0.25, -0.2) is 4.39 Å². The highest BCUT2D eigenvalue weighted by Gasteiger charge is 2.32. The first-order valence-corrected chi connectivity index (χ1v) is 8.81. The third-order valence-electron chi connectivity index (χ3n) is 4.51. The van der Waals surface area contributed by atoms with Crippen LogP contribution in [0.4, 0.5) is 4.39 Å². The maximum Gasteiger partial charge on any atom is 0.271 e. The summed E-state index contributed by atoms with van der Waals surface area (Å²) >= 11 is 0. The molecule has 0 saturated heterocycles. The minimum atomic E-state index is -0.655. The number of nitrogens with zero attached hydrogens (tertiary/aromatic N) is 2. The van der Waals surface area contributed by atoms with Gasteiger partial charge in [-0.3, -0.25) is 9.69 Å². The molecule has 0 radical (unpaired) electrons. The number of amidine groups is 1. The molecule has 2 aliphatic heterocycles. The highest BCUT2D eigenvalue weighted by atomic mass is 19.1. The normalized spacial score (nSPS) is 18.4. The molecule has 7 heteroatoms. The second kappa shape index (κ2) is 7.26. The Morgan fingerprint density at radius 2 is 2.07 bits per heavy atom. The molecule has 6 nitrogen and oxygen atoms in total. The van der Waals surface area contributed by atoms with Gasteiger partial charge in [-0.1, -0.05) is 5.16 Å². The van der Waals surface area contributed by atoms with Gasteiger partial charge < -0.3 is 14.3 Å². The van der Waals surface area contributed by atoms with Crippen LogP contribution in [-0.4, -0.2) is 42.5 Å². The Hall–Kier alpha value is -3.09. The average molecular weight is 370 g/mol. The molecule has 0 aliphatic carbocycles. The van der Waals surface area contributed by atoms with Gasteiger partial charge in [0.1, 0.15) is 23.9 Å². The number of hydrogen-bond donors (Lipinski definition) is 0. The van der Waals surface area contributed by atoms with Crippen LogP contribution < -0.4 is 9.47 Å². The summed E-state index contributed by atoms with van der Waals surface area (Å²) < 4.78 is 24.1. The van der Waals surface area contributed by atoms with Crippen LogP contribution in [0.3, 0.4) is 0 Å². The van der Waals surface area contributed by atoms with Crippen LogP contribution in [0.2, 0.25) is 0 Å². The molecule has 0 spiro atoms. The summed E-state index contributed by atoms with van der Waals surface area (Å²) in [6.07, 6.45) is 0.173. The predicted molar refractivity (Wildman–Crippen MR) is 96.3 cm³/mol. The number of fused-ring (bicyclic) bond motifs is 1. The summed E-state index contributed by atoms with van der Waals surface area (Å²) in [5.74, 6) is 1.35. The van der Waals surface area contributed by atoms with Crippen LogP contribution in [0.25, 0.3) is 0 Å². The number of ether oxygens (including phenoxy) is 2. The largest absolute Gasteiger partial charge is 0.493 e. The van der Waals surface area contributed by atoms with E-state index in [0.717, 1.165) is 23.3 Å². The van der Waals surface area contributed by atoms with E-state index in [4.69, 9.17) is 14.3 Å². The summed E-state index contributed by atoms with van der Waals surface area (Å²) in [6, 6.07) is 11.5. The first kappa shape index (κ1) is 17.3. The van der Waals surface area contributed by atoms with Crippen LogP contribution in [0.15, 0.2) is 47.6 Å². The molecule has 4 rings (SSSR count). The maximum atomic E-state index is 13.0. The fraction of sp³-hybridized carbons (Fsp3) is 0.300. The Bertz CT molecular complexity index is 882. The minimum absolute atomic E-state index is 0.181. The van der Waals surface area contributed by atoms with Crippen LogP contribution >= 0.6 is 0 Å². The molecule has 0 saturated carbocycles. The first-order chi connectivity index (χ1) is 13.1. The zero-order chi connectivity index (χ0) is 18.8. The lowest BCUT2D eigenvalue weighted by Crippen LogP contribution is -2.48. The van der Waals surface area contributed by atoms with E-state index in [1.165, 1.54) is 12.1 Å². The number of hydrogen-bond acceptors (Lipinski definition) is 5. The lowest BCUT2D eigenvalue weighted by atomic mass is 10.1. The van der Waals surface area contributed by atoms with E-state index < -0.39 is 6.10 Å². The summed E-state index contributed by atoms with van der Waals surface area (Å²) in [5.41, 5.74) is 1.88. The molecule has 2 heterocycles. The molecular formula is C20H19FN2O4. The van der Waals surface area contributed by atoms with E-state index in [-0.39, 0.29) is 18.3 Å². The third kappa shape index (κ3) is 3.58. The Balaban J connectivity index is 1.50. The molecule has 1 amide bonds. The van der Waals surface area contributed by atoms with Gasteiger partial charge in [0.05, 0.1) is 13.2 Å². The summed E-state index contributed by atoms with van der Waals surface area (Å²) in [5, 5.41) is 4.15. The second-order valence-electron chi connectivity index (χ2n) is 6.38. The SMILES string of the molecule is CC1ON=C(c2ccc3c(c2)CCO3)N(CCOc2ccc(F)cc2)C1=O. The van der Waals surface area contributed by atoms with Gasteiger partial charge in [-0.2, -0.15) is 0 Å². The topological polar surface area (TPSA) is 60.4 Å². The van der Waals surface area contributed by atoms with E-state index in [0.29, 0.717) is 24.7 Å². The van der Waals surface area contributed by atoms with Crippen molar-refractivity contribution < 1.29 is 23.5 Å². The standard InChI is InChI=1S/C20H19FN2O4/c1-13-20(24)23(9-11-25-17-5-3-16(21)4-6-17)19(22-27-13)15-2-7-18-14(12-15)8-10-26-18/h2-7,12-13H,8-11H2,1H3.